The van der Waals surface area contributed by atoms with Crippen molar-refractivity contribution in [2.24, 2.45) is 0 Å². The largest absolute Gasteiger partial charge is 0.462 e. The fourth-order valence-corrected chi connectivity index (χ4v) is 6.01. The van der Waals surface area contributed by atoms with Crippen LogP contribution in [-0.4, -0.2) is 36.4 Å². The van der Waals surface area contributed by atoms with E-state index in [9.17, 15) is 14.7 Å². The van der Waals surface area contributed by atoms with E-state index in [1.54, 1.807) is 0 Å². The van der Waals surface area contributed by atoms with Gasteiger partial charge in [0.25, 0.3) is 0 Å². The minimum absolute atomic E-state index is 0.0813. The van der Waals surface area contributed by atoms with Crippen LogP contribution in [0.15, 0.2) is 24.3 Å². The molecule has 0 unspecified atom stereocenters. The second-order valence-electron chi connectivity index (χ2n) is 14.1. The number of aliphatic hydroxyl groups excluding tert-OH is 1. The first kappa shape index (κ1) is 46.4. The Balaban J connectivity index is 3.50. The molecule has 0 fully saturated rings. The van der Waals surface area contributed by atoms with E-state index in [-0.39, 0.29) is 25.2 Å². The first-order chi connectivity index (χ1) is 23.6. The Kier molecular flexibility index (Phi) is 38.5. The summed E-state index contributed by atoms with van der Waals surface area (Å²) >= 11 is 0. The summed E-state index contributed by atoms with van der Waals surface area (Å²) in [7, 11) is 0. The number of carbonyl (C=O) groups is 2. The highest BCUT2D eigenvalue weighted by molar-refractivity contribution is 5.70. The molecule has 0 radical (unpaired) electrons. The van der Waals surface area contributed by atoms with Crippen LogP contribution < -0.4 is 0 Å². The Bertz CT molecular complexity index is 731. The lowest BCUT2D eigenvalue weighted by atomic mass is 10.0. The third-order valence-electron chi connectivity index (χ3n) is 9.22. The molecule has 5 heteroatoms. The molecule has 5 nitrogen and oxygen atoms in total. The maximum Gasteiger partial charge on any atom is 0.306 e. The first-order valence-corrected chi connectivity index (χ1v) is 20.9. The van der Waals surface area contributed by atoms with E-state index in [0.29, 0.717) is 12.8 Å². The van der Waals surface area contributed by atoms with Crippen molar-refractivity contribution in [3.63, 3.8) is 0 Å². The first-order valence-electron chi connectivity index (χ1n) is 20.9. The van der Waals surface area contributed by atoms with Gasteiger partial charge in [0.2, 0.25) is 0 Å². The summed E-state index contributed by atoms with van der Waals surface area (Å²) in [5, 5.41) is 9.53. The second kappa shape index (κ2) is 39.8. The molecule has 1 atom stereocenters. The van der Waals surface area contributed by atoms with Gasteiger partial charge in [0.05, 0.1) is 6.61 Å². The number of allylic oxidation sites excluding steroid dienone is 4. The highest BCUT2D eigenvalue weighted by atomic mass is 16.6. The van der Waals surface area contributed by atoms with Gasteiger partial charge in [0, 0.05) is 12.8 Å². The number of aliphatic hydroxyl groups is 1. The molecule has 0 saturated heterocycles. The average Bonchev–Trinajstić information content (AvgIpc) is 3.09. The fourth-order valence-electron chi connectivity index (χ4n) is 6.01. The molecule has 0 heterocycles. The molecule has 0 spiro atoms. The molecule has 1 N–H and O–H groups in total. The van der Waals surface area contributed by atoms with E-state index in [1.807, 2.05) is 0 Å². The van der Waals surface area contributed by atoms with E-state index in [1.165, 1.54) is 148 Å². The van der Waals surface area contributed by atoms with Gasteiger partial charge in [0.1, 0.15) is 6.61 Å². The van der Waals surface area contributed by atoms with Crippen molar-refractivity contribution < 1.29 is 24.2 Å². The third-order valence-corrected chi connectivity index (χ3v) is 9.22. The molecule has 0 amide bonds. The van der Waals surface area contributed by atoms with Gasteiger partial charge in [-0.2, -0.15) is 0 Å². The van der Waals surface area contributed by atoms with Crippen LogP contribution in [0.3, 0.4) is 0 Å². The van der Waals surface area contributed by atoms with Crippen LogP contribution >= 0.6 is 0 Å². The predicted octanol–water partition coefficient (Wildman–Crippen LogP) is 13.1. The Morgan fingerprint density at radius 2 is 0.812 bits per heavy atom. The van der Waals surface area contributed by atoms with Crippen molar-refractivity contribution in [3.8, 4) is 0 Å². The summed E-state index contributed by atoms with van der Waals surface area (Å²) in [5.41, 5.74) is 0. The van der Waals surface area contributed by atoms with E-state index in [0.717, 1.165) is 44.9 Å². The zero-order chi connectivity index (χ0) is 35.0. The molecule has 0 aliphatic carbocycles. The molecule has 0 aromatic heterocycles. The standard InChI is InChI=1S/C43H80O5/c1-3-5-7-9-11-13-15-16-17-18-19-20-21-22-23-24-25-26-28-29-31-33-35-37-42(45)47-40-41(39-44)48-43(46)38-36-34-32-30-27-14-12-10-8-6-4-2/h10,12,29,31,41,44H,3-9,11,13-28,30,32-40H2,1-2H3/b12-10+,31-29+/t41-/m0/s1. The predicted molar refractivity (Wildman–Crippen MR) is 205 cm³/mol. The lowest BCUT2D eigenvalue weighted by molar-refractivity contribution is -0.161. The summed E-state index contributed by atoms with van der Waals surface area (Å²) in [6.45, 7) is 4.08. The Morgan fingerprint density at radius 3 is 1.25 bits per heavy atom. The zero-order valence-corrected chi connectivity index (χ0v) is 32.0. The lowest BCUT2D eigenvalue weighted by Gasteiger charge is -2.15. The molecule has 0 rings (SSSR count). The van der Waals surface area contributed by atoms with Crippen molar-refractivity contribution in [2.75, 3.05) is 13.2 Å². The Hall–Kier alpha value is -1.62. The quantitative estimate of drug-likeness (QED) is 0.0400. The van der Waals surface area contributed by atoms with E-state index in [2.05, 4.69) is 38.2 Å². The smallest absolute Gasteiger partial charge is 0.306 e. The van der Waals surface area contributed by atoms with Gasteiger partial charge in [0.15, 0.2) is 6.10 Å². The van der Waals surface area contributed by atoms with Crippen molar-refractivity contribution in [1.29, 1.82) is 0 Å². The van der Waals surface area contributed by atoms with Crippen LogP contribution in [0.1, 0.15) is 219 Å². The van der Waals surface area contributed by atoms with Crippen molar-refractivity contribution in [1.82, 2.24) is 0 Å². The molecular formula is C43H80O5. The SMILES string of the molecule is CCCC/C=C/CCCCCCCC(=O)O[C@@H](CO)COC(=O)CCC/C=C/CCCCCCCCCCCCCCCCCCCC. The van der Waals surface area contributed by atoms with E-state index >= 15 is 0 Å². The van der Waals surface area contributed by atoms with Crippen LogP contribution in [0.25, 0.3) is 0 Å². The summed E-state index contributed by atoms with van der Waals surface area (Å²) < 4.78 is 10.6. The average molecular weight is 677 g/mol. The molecule has 0 bridgehead atoms. The molecule has 0 aromatic rings. The summed E-state index contributed by atoms with van der Waals surface area (Å²) in [5.74, 6) is -0.634. The van der Waals surface area contributed by atoms with E-state index < -0.39 is 6.10 Å². The van der Waals surface area contributed by atoms with Crippen molar-refractivity contribution >= 4 is 11.9 Å². The highest BCUT2D eigenvalue weighted by Crippen LogP contribution is 2.15. The van der Waals surface area contributed by atoms with Crippen molar-refractivity contribution in [2.45, 2.75) is 225 Å². The molecule has 48 heavy (non-hydrogen) atoms. The normalized spacial score (nSPS) is 12.3. The number of rotatable bonds is 38. The molecule has 0 aliphatic heterocycles. The Morgan fingerprint density at radius 1 is 0.458 bits per heavy atom. The second-order valence-corrected chi connectivity index (χ2v) is 14.1. The number of hydrogen-bond donors (Lipinski definition) is 1. The maximum absolute atomic E-state index is 12.1. The number of ether oxygens (including phenoxy) is 2. The van der Waals surface area contributed by atoms with E-state index in [4.69, 9.17) is 9.47 Å². The molecule has 0 aromatic carbocycles. The topological polar surface area (TPSA) is 72.8 Å². The fraction of sp³-hybridized carbons (Fsp3) is 0.860. The number of unbranched alkanes of at least 4 members (excludes halogenated alkanes) is 26. The van der Waals surface area contributed by atoms with Crippen molar-refractivity contribution in [3.05, 3.63) is 24.3 Å². The van der Waals surface area contributed by atoms with Gasteiger partial charge >= 0.3 is 11.9 Å². The van der Waals surface area contributed by atoms with Gasteiger partial charge in [-0.15, -0.1) is 0 Å². The molecule has 0 aliphatic rings. The van der Waals surface area contributed by atoms with Crippen LogP contribution in [-0.2, 0) is 19.1 Å². The molecule has 282 valence electrons. The monoisotopic (exact) mass is 677 g/mol. The Labute approximate surface area is 298 Å². The maximum atomic E-state index is 12.1. The van der Waals surface area contributed by atoms with Gasteiger partial charge < -0.3 is 14.6 Å². The summed E-state index contributed by atoms with van der Waals surface area (Å²) in [6, 6.07) is 0. The number of hydrogen-bond acceptors (Lipinski definition) is 5. The number of carbonyl (C=O) groups excluding carboxylic acids is 2. The third kappa shape index (κ3) is 37.2. The van der Waals surface area contributed by atoms with Gasteiger partial charge in [-0.3, -0.25) is 9.59 Å². The van der Waals surface area contributed by atoms with Gasteiger partial charge in [-0.1, -0.05) is 179 Å². The van der Waals surface area contributed by atoms with Gasteiger partial charge in [-0.05, 0) is 51.4 Å². The molecule has 0 saturated carbocycles. The minimum Gasteiger partial charge on any atom is -0.462 e. The summed E-state index contributed by atoms with van der Waals surface area (Å²) in [6.07, 6.45) is 46.9. The van der Waals surface area contributed by atoms with Gasteiger partial charge in [-0.25, -0.2) is 0 Å². The minimum atomic E-state index is -0.782. The summed E-state index contributed by atoms with van der Waals surface area (Å²) in [4.78, 5) is 24.2. The lowest BCUT2D eigenvalue weighted by Crippen LogP contribution is -2.28. The zero-order valence-electron chi connectivity index (χ0n) is 32.0. The van der Waals surface area contributed by atoms with Crippen LogP contribution in [0.5, 0.6) is 0 Å². The highest BCUT2D eigenvalue weighted by Gasteiger charge is 2.16. The van der Waals surface area contributed by atoms with Crippen LogP contribution in [0.2, 0.25) is 0 Å². The van der Waals surface area contributed by atoms with Crippen LogP contribution in [0, 0.1) is 0 Å². The molecular weight excluding hydrogens is 596 g/mol. The number of esters is 2. The van der Waals surface area contributed by atoms with Crippen LogP contribution in [0.4, 0.5) is 0 Å².